The summed E-state index contributed by atoms with van der Waals surface area (Å²) in [7, 11) is 8.44. The van der Waals surface area contributed by atoms with Crippen molar-refractivity contribution in [3.05, 3.63) is 137 Å². The predicted molar refractivity (Wildman–Crippen MR) is 246 cm³/mol. The Morgan fingerprint density at radius 2 is 1.33 bits per heavy atom. The van der Waals surface area contributed by atoms with E-state index in [9.17, 15) is 28.6 Å². The molecular weight excluding hydrogens is 849 g/mol. The van der Waals surface area contributed by atoms with Crippen molar-refractivity contribution in [2.24, 2.45) is 14.1 Å². The molecule has 4 heterocycles. The predicted octanol–water partition coefficient (Wildman–Crippen LogP) is 7.12. The number of nitrogens with zero attached hydrogens (tertiary/aromatic N) is 9. The Balaban J connectivity index is 0.000000196. The van der Waals surface area contributed by atoms with E-state index in [0.717, 1.165) is 44.2 Å². The number of methoxy groups -OCH3 is 2. The number of benzene rings is 4. The van der Waals surface area contributed by atoms with Gasteiger partial charge in [-0.25, -0.2) is 28.7 Å². The third-order valence-corrected chi connectivity index (χ3v) is 11.2. The highest BCUT2D eigenvalue weighted by Gasteiger charge is 2.23. The van der Waals surface area contributed by atoms with Crippen LogP contribution in [-0.2, 0) is 26.9 Å². The van der Waals surface area contributed by atoms with Crippen LogP contribution in [0.3, 0.4) is 0 Å². The minimum absolute atomic E-state index is 0.0275. The Hall–Kier alpha value is -7.50. The molecular formula is C49H49F2N9O6. The number of anilines is 1. The van der Waals surface area contributed by atoms with Crippen LogP contribution >= 0.6 is 0 Å². The Bertz CT molecular complexity index is 2910. The summed E-state index contributed by atoms with van der Waals surface area (Å²) >= 11 is 0. The Labute approximate surface area is 379 Å². The number of aliphatic hydroxyl groups is 2. The van der Waals surface area contributed by atoms with E-state index in [-0.39, 0.29) is 83.5 Å². The first-order valence-electron chi connectivity index (χ1n) is 21.1. The monoisotopic (exact) mass is 897 g/mol. The topological polar surface area (TPSA) is 184 Å². The summed E-state index contributed by atoms with van der Waals surface area (Å²) in [5, 5.41) is 29.6. The molecule has 0 aliphatic carbocycles. The molecule has 0 aliphatic rings. The quantitative estimate of drug-likeness (QED) is 0.0936. The van der Waals surface area contributed by atoms with Crippen molar-refractivity contribution in [1.29, 1.82) is 0 Å². The average molecular weight is 898 g/mol. The molecule has 0 fully saturated rings. The fourth-order valence-corrected chi connectivity index (χ4v) is 8.05. The fraction of sp³-hybridized carbons (Fsp3) is 0.265. The maximum absolute atomic E-state index is 14.5. The van der Waals surface area contributed by atoms with Crippen molar-refractivity contribution in [1.82, 2.24) is 39.5 Å². The number of likely N-dealkylation sites (N-methyl/N-ethyl adjacent to an activating group) is 1. The summed E-state index contributed by atoms with van der Waals surface area (Å²) in [5.41, 5.74) is 5.79. The first kappa shape index (κ1) is 46.5. The largest absolute Gasteiger partial charge is 0.496 e. The number of aromatic nitrogens is 8. The van der Waals surface area contributed by atoms with Crippen molar-refractivity contribution in [2.45, 2.75) is 32.1 Å². The number of ketones is 2. The van der Waals surface area contributed by atoms with Gasteiger partial charge < -0.3 is 24.6 Å². The smallest absolute Gasteiger partial charge is 0.185 e. The standard InChI is InChI=1S/C25H25FN4O3.C24H24FN5O3/c1-15(10-12-31)23-16(7-8-20-17(23)14-28-30(20)2)13-21(32)19-9-11-27-25(29-19)24-18(26)5-4-6-22(24)33-3;1-29(11-12-31)23-15(7-8-18-16(23)14-30(2)28-18)13-20(32)19-9-10-26-24(27-19)22-17(25)5-4-6-21(22)33-3/h4-9,11,14-15,31H,10,12-13H2,1-3H3;4-10,14,31H,11-13H2,1-3H3. The number of carbonyl (C=O) groups is 2. The van der Waals surface area contributed by atoms with E-state index in [4.69, 9.17) is 9.47 Å². The number of hydrogen-bond acceptors (Lipinski definition) is 13. The molecule has 1 unspecified atom stereocenters. The van der Waals surface area contributed by atoms with Gasteiger partial charge in [0.25, 0.3) is 0 Å². The summed E-state index contributed by atoms with van der Waals surface area (Å²) in [5.74, 6) is -0.727. The summed E-state index contributed by atoms with van der Waals surface area (Å²) in [6.07, 6.45) is 7.31. The van der Waals surface area contributed by atoms with Gasteiger partial charge in [-0.1, -0.05) is 31.2 Å². The number of hydrogen-bond donors (Lipinski definition) is 2. The van der Waals surface area contributed by atoms with E-state index < -0.39 is 11.6 Å². The van der Waals surface area contributed by atoms with Gasteiger partial charge in [0.15, 0.2) is 23.2 Å². The van der Waals surface area contributed by atoms with Crippen LogP contribution in [0.4, 0.5) is 14.5 Å². The number of halogens is 2. The maximum Gasteiger partial charge on any atom is 0.185 e. The van der Waals surface area contributed by atoms with Crippen LogP contribution in [-0.4, -0.2) is 102 Å². The van der Waals surface area contributed by atoms with Gasteiger partial charge in [-0.3, -0.25) is 19.0 Å². The van der Waals surface area contributed by atoms with Gasteiger partial charge in [-0.05, 0) is 77.6 Å². The molecule has 2 N–H and O–H groups in total. The average Bonchev–Trinajstić information content (AvgIpc) is 3.89. The highest BCUT2D eigenvalue weighted by Crippen LogP contribution is 2.35. The molecule has 0 radical (unpaired) electrons. The van der Waals surface area contributed by atoms with Crippen LogP contribution < -0.4 is 14.4 Å². The third-order valence-electron chi connectivity index (χ3n) is 11.2. The molecule has 4 aromatic carbocycles. The van der Waals surface area contributed by atoms with E-state index in [1.807, 2.05) is 63.4 Å². The Morgan fingerprint density at radius 1 is 0.758 bits per heavy atom. The number of carbonyl (C=O) groups excluding carboxylic acids is 2. The number of fused-ring (bicyclic) bond motifs is 2. The second-order valence-corrected chi connectivity index (χ2v) is 15.6. The van der Waals surface area contributed by atoms with E-state index in [0.29, 0.717) is 18.7 Å². The van der Waals surface area contributed by atoms with Crippen LogP contribution in [0.5, 0.6) is 11.5 Å². The highest BCUT2D eigenvalue weighted by atomic mass is 19.1. The highest BCUT2D eigenvalue weighted by molar-refractivity contribution is 6.00. The van der Waals surface area contributed by atoms with E-state index in [2.05, 4.69) is 30.1 Å². The molecule has 0 amide bonds. The Morgan fingerprint density at radius 3 is 1.89 bits per heavy atom. The number of aryl methyl sites for hydroxylation is 2. The lowest BCUT2D eigenvalue weighted by molar-refractivity contribution is 0.0980. The Kier molecular flexibility index (Phi) is 14.5. The number of ether oxygens (including phenoxy) is 2. The lowest BCUT2D eigenvalue weighted by Crippen LogP contribution is -2.23. The summed E-state index contributed by atoms with van der Waals surface area (Å²) in [6.45, 7) is 2.45. The number of Topliss-reactive ketones (excluding diaryl/α,β-unsaturated/α-hetero) is 2. The van der Waals surface area contributed by atoms with Gasteiger partial charge in [0.2, 0.25) is 0 Å². The summed E-state index contributed by atoms with van der Waals surface area (Å²) in [4.78, 5) is 45.3. The normalized spacial score (nSPS) is 11.6. The molecule has 1 atom stereocenters. The summed E-state index contributed by atoms with van der Waals surface area (Å²) < 4.78 is 43.0. The van der Waals surface area contributed by atoms with E-state index >= 15 is 0 Å². The van der Waals surface area contributed by atoms with Gasteiger partial charge >= 0.3 is 0 Å². The van der Waals surface area contributed by atoms with E-state index in [1.165, 1.54) is 63.0 Å². The zero-order chi connectivity index (χ0) is 47.1. The molecule has 4 aromatic heterocycles. The van der Waals surface area contributed by atoms with Crippen LogP contribution in [0.25, 0.3) is 44.6 Å². The summed E-state index contributed by atoms with van der Waals surface area (Å²) in [6, 6.07) is 19.5. The van der Waals surface area contributed by atoms with Gasteiger partial charge in [0.05, 0.1) is 54.9 Å². The van der Waals surface area contributed by atoms with Crippen molar-refractivity contribution >= 4 is 39.1 Å². The first-order valence-corrected chi connectivity index (χ1v) is 21.1. The molecule has 66 heavy (non-hydrogen) atoms. The van der Waals surface area contributed by atoms with Crippen molar-refractivity contribution in [3.8, 4) is 34.3 Å². The molecule has 8 rings (SSSR count). The molecule has 8 aromatic rings. The first-order chi connectivity index (χ1) is 31.9. The van der Waals surface area contributed by atoms with Crippen LogP contribution in [0, 0.1) is 11.6 Å². The minimum atomic E-state index is -0.533. The molecule has 0 saturated heterocycles. The number of rotatable bonds is 16. The van der Waals surface area contributed by atoms with Crippen LogP contribution in [0.15, 0.2) is 97.6 Å². The van der Waals surface area contributed by atoms with Gasteiger partial charge in [0.1, 0.15) is 34.5 Å². The van der Waals surface area contributed by atoms with Gasteiger partial charge in [-0.2, -0.15) is 10.2 Å². The molecule has 0 bridgehead atoms. The minimum Gasteiger partial charge on any atom is -0.496 e. The molecule has 0 spiro atoms. The van der Waals surface area contributed by atoms with E-state index in [1.54, 1.807) is 27.7 Å². The second kappa shape index (κ2) is 20.6. The lowest BCUT2D eigenvalue weighted by atomic mass is 9.88. The molecule has 0 saturated carbocycles. The van der Waals surface area contributed by atoms with Gasteiger partial charge in [0, 0.05) is 76.5 Å². The van der Waals surface area contributed by atoms with Crippen molar-refractivity contribution in [2.75, 3.05) is 45.9 Å². The van der Waals surface area contributed by atoms with Gasteiger partial charge in [-0.15, -0.1) is 0 Å². The third kappa shape index (κ3) is 9.76. The molecule has 0 aliphatic heterocycles. The van der Waals surface area contributed by atoms with Crippen molar-refractivity contribution < 1.29 is 38.1 Å². The zero-order valence-corrected chi connectivity index (χ0v) is 37.4. The molecule has 340 valence electrons. The maximum atomic E-state index is 14.5. The van der Waals surface area contributed by atoms with Crippen LogP contribution in [0.2, 0.25) is 0 Å². The lowest BCUT2D eigenvalue weighted by Gasteiger charge is -2.22. The van der Waals surface area contributed by atoms with Crippen LogP contribution in [0.1, 0.15) is 56.9 Å². The molecule has 17 heteroatoms. The second-order valence-electron chi connectivity index (χ2n) is 15.6. The molecule has 15 nitrogen and oxygen atoms in total. The van der Waals surface area contributed by atoms with Crippen molar-refractivity contribution in [3.63, 3.8) is 0 Å². The number of aliphatic hydroxyl groups excluding tert-OH is 2. The zero-order valence-electron chi connectivity index (χ0n) is 37.4. The SMILES string of the molecule is COc1cccc(F)c1-c1nccc(C(=O)Cc2ccc3c(cnn3C)c2C(C)CCO)n1.COc1cccc(F)c1-c1nccc(C(=O)Cc2ccc3nn(C)cc3c2N(C)CCO)n1. The fourth-order valence-electron chi connectivity index (χ4n) is 8.05.